The molecular formula is C13H24N2O2S. The number of rotatable bonds is 8. The van der Waals surface area contributed by atoms with Gasteiger partial charge in [-0.1, -0.05) is 6.92 Å². The highest BCUT2D eigenvalue weighted by atomic mass is 32.2. The van der Waals surface area contributed by atoms with Crippen molar-refractivity contribution in [1.82, 2.24) is 9.88 Å². The van der Waals surface area contributed by atoms with E-state index in [1.165, 1.54) is 11.9 Å². The van der Waals surface area contributed by atoms with Crippen molar-refractivity contribution in [2.75, 3.05) is 18.6 Å². The molecule has 1 aromatic rings. The van der Waals surface area contributed by atoms with E-state index in [-0.39, 0.29) is 5.75 Å². The standard InChI is InChI=1S/C13H24N2O2S/c1-4-8-14-12(2)13-7-5-9-15(13)10-6-11-18(3,16)17/h5,7,9,12,14H,4,6,8,10-11H2,1-3H3. The minimum absolute atomic E-state index is 0.251. The minimum atomic E-state index is -2.85. The predicted molar refractivity (Wildman–Crippen MR) is 75.5 cm³/mol. The van der Waals surface area contributed by atoms with Crippen LogP contribution in [-0.4, -0.2) is 31.5 Å². The summed E-state index contributed by atoms with van der Waals surface area (Å²) in [4.78, 5) is 0. The zero-order valence-electron chi connectivity index (χ0n) is 11.5. The van der Waals surface area contributed by atoms with Crippen LogP contribution in [0.4, 0.5) is 0 Å². The fourth-order valence-electron chi connectivity index (χ4n) is 1.99. The van der Waals surface area contributed by atoms with Crippen LogP contribution >= 0.6 is 0 Å². The molecule has 5 heteroatoms. The molecule has 0 spiro atoms. The largest absolute Gasteiger partial charge is 0.350 e. The Balaban J connectivity index is 2.54. The van der Waals surface area contributed by atoms with Crippen molar-refractivity contribution < 1.29 is 8.42 Å². The van der Waals surface area contributed by atoms with E-state index in [9.17, 15) is 8.42 Å². The van der Waals surface area contributed by atoms with Crippen molar-refractivity contribution >= 4 is 9.84 Å². The Kier molecular flexibility index (Phi) is 5.88. The van der Waals surface area contributed by atoms with E-state index in [0.717, 1.165) is 19.5 Å². The lowest BCUT2D eigenvalue weighted by molar-refractivity contribution is 0.520. The Morgan fingerprint density at radius 3 is 2.78 bits per heavy atom. The molecule has 0 aliphatic rings. The van der Waals surface area contributed by atoms with Crippen LogP contribution in [0.5, 0.6) is 0 Å². The molecule has 1 heterocycles. The van der Waals surface area contributed by atoms with Gasteiger partial charge >= 0.3 is 0 Å². The zero-order valence-corrected chi connectivity index (χ0v) is 12.3. The topological polar surface area (TPSA) is 51.1 Å². The molecule has 1 aromatic heterocycles. The molecule has 0 bridgehead atoms. The summed E-state index contributed by atoms with van der Waals surface area (Å²) >= 11 is 0. The van der Waals surface area contributed by atoms with Crippen molar-refractivity contribution in [2.45, 2.75) is 39.3 Å². The molecule has 0 aliphatic carbocycles. The molecule has 1 atom stereocenters. The number of nitrogens with one attached hydrogen (secondary N) is 1. The maximum atomic E-state index is 11.1. The van der Waals surface area contributed by atoms with Crippen LogP contribution in [0.2, 0.25) is 0 Å². The van der Waals surface area contributed by atoms with Crippen LogP contribution in [-0.2, 0) is 16.4 Å². The third-order valence-corrected chi connectivity index (χ3v) is 3.95. The maximum Gasteiger partial charge on any atom is 0.147 e. The Morgan fingerprint density at radius 1 is 1.44 bits per heavy atom. The van der Waals surface area contributed by atoms with Crippen LogP contribution in [0.3, 0.4) is 0 Å². The smallest absolute Gasteiger partial charge is 0.147 e. The number of aromatic nitrogens is 1. The second kappa shape index (κ2) is 6.95. The van der Waals surface area contributed by atoms with Gasteiger partial charge in [-0.05, 0) is 38.4 Å². The summed E-state index contributed by atoms with van der Waals surface area (Å²) in [5, 5.41) is 3.44. The van der Waals surface area contributed by atoms with E-state index < -0.39 is 9.84 Å². The summed E-state index contributed by atoms with van der Waals surface area (Å²) in [5.41, 5.74) is 1.22. The molecule has 0 amide bonds. The van der Waals surface area contributed by atoms with Gasteiger partial charge in [0.25, 0.3) is 0 Å². The molecule has 1 unspecified atom stereocenters. The Bertz CT molecular complexity index is 451. The first-order chi connectivity index (χ1) is 8.44. The molecule has 104 valence electrons. The van der Waals surface area contributed by atoms with Gasteiger partial charge in [-0.25, -0.2) is 8.42 Å². The average molecular weight is 272 g/mol. The molecule has 0 saturated carbocycles. The Hall–Kier alpha value is -0.810. The van der Waals surface area contributed by atoms with E-state index in [1.54, 1.807) is 0 Å². The quantitative estimate of drug-likeness (QED) is 0.787. The number of nitrogens with zero attached hydrogens (tertiary/aromatic N) is 1. The lowest BCUT2D eigenvalue weighted by Crippen LogP contribution is -2.22. The number of sulfone groups is 1. The molecule has 0 saturated heterocycles. The van der Waals surface area contributed by atoms with Gasteiger partial charge < -0.3 is 9.88 Å². The van der Waals surface area contributed by atoms with Gasteiger partial charge in [0, 0.05) is 30.7 Å². The van der Waals surface area contributed by atoms with Crippen molar-refractivity contribution in [3.05, 3.63) is 24.0 Å². The van der Waals surface area contributed by atoms with Gasteiger partial charge in [-0.2, -0.15) is 0 Å². The fourth-order valence-corrected chi connectivity index (χ4v) is 2.64. The summed E-state index contributed by atoms with van der Waals surface area (Å²) in [6, 6.07) is 4.41. The molecule has 0 aromatic carbocycles. The van der Waals surface area contributed by atoms with E-state index in [4.69, 9.17) is 0 Å². The lowest BCUT2D eigenvalue weighted by atomic mass is 10.2. The van der Waals surface area contributed by atoms with Crippen molar-refractivity contribution in [3.63, 3.8) is 0 Å². The SMILES string of the molecule is CCCNC(C)c1cccn1CCCS(C)(=O)=O. The zero-order chi connectivity index (χ0) is 13.6. The van der Waals surface area contributed by atoms with E-state index in [2.05, 4.69) is 29.8 Å². The highest BCUT2D eigenvalue weighted by molar-refractivity contribution is 7.90. The molecule has 0 fully saturated rings. The fraction of sp³-hybridized carbons (Fsp3) is 0.692. The number of hydrogen-bond acceptors (Lipinski definition) is 3. The van der Waals surface area contributed by atoms with E-state index in [1.807, 2.05) is 12.3 Å². The van der Waals surface area contributed by atoms with Gasteiger partial charge in [0.2, 0.25) is 0 Å². The normalized spacial score (nSPS) is 13.7. The summed E-state index contributed by atoms with van der Waals surface area (Å²) < 4.78 is 24.3. The van der Waals surface area contributed by atoms with Gasteiger partial charge in [0.1, 0.15) is 9.84 Å². The predicted octanol–water partition coefficient (Wildman–Crippen LogP) is 1.98. The van der Waals surface area contributed by atoms with Crippen LogP contribution < -0.4 is 5.32 Å². The van der Waals surface area contributed by atoms with E-state index >= 15 is 0 Å². The molecular weight excluding hydrogens is 248 g/mol. The van der Waals surface area contributed by atoms with E-state index in [0.29, 0.717) is 12.5 Å². The molecule has 18 heavy (non-hydrogen) atoms. The van der Waals surface area contributed by atoms with Crippen LogP contribution in [0.25, 0.3) is 0 Å². The number of hydrogen-bond donors (Lipinski definition) is 1. The van der Waals surface area contributed by atoms with Crippen LogP contribution in [0, 0.1) is 0 Å². The lowest BCUT2D eigenvalue weighted by Gasteiger charge is -2.16. The Morgan fingerprint density at radius 2 is 2.17 bits per heavy atom. The van der Waals surface area contributed by atoms with Crippen molar-refractivity contribution in [1.29, 1.82) is 0 Å². The highest BCUT2D eigenvalue weighted by Gasteiger charge is 2.09. The number of aryl methyl sites for hydroxylation is 1. The summed E-state index contributed by atoms with van der Waals surface area (Å²) in [6.07, 6.45) is 5.08. The first kappa shape index (κ1) is 15.2. The van der Waals surface area contributed by atoms with Crippen LogP contribution in [0.1, 0.15) is 38.4 Å². The summed E-state index contributed by atoms with van der Waals surface area (Å²) in [5.74, 6) is 0.251. The monoisotopic (exact) mass is 272 g/mol. The maximum absolute atomic E-state index is 11.1. The molecule has 1 N–H and O–H groups in total. The molecule has 0 aliphatic heterocycles. The molecule has 0 radical (unpaired) electrons. The van der Waals surface area contributed by atoms with Crippen molar-refractivity contribution in [3.8, 4) is 0 Å². The average Bonchev–Trinajstić information content (AvgIpc) is 2.72. The summed E-state index contributed by atoms with van der Waals surface area (Å²) in [6.45, 7) is 6.03. The first-order valence-electron chi connectivity index (χ1n) is 6.50. The van der Waals surface area contributed by atoms with Gasteiger partial charge in [0.05, 0.1) is 5.75 Å². The molecule has 1 rings (SSSR count). The highest BCUT2D eigenvalue weighted by Crippen LogP contribution is 2.14. The minimum Gasteiger partial charge on any atom is -0.350 e. The third-order valence-electron chi connectivity index (χ3n) is 2.92. The molecule has 4 nitrogen and oxygen atoms in total. The second-order valence-electron chi connectivity index (χ2n) is 4.79. The third kappa shape index (κ3) is 5.23. The summed E-state index contributed by atoms with van der Waals surface area (Å²) in [7, 11) is -2.85. The van der Waals surface area contributed by atoms with Gasteiger partial charge in [-0.3, -0.25) is 0 Å². The van der Waals surface area contributed by atoms with Gasteiger partial charge in [-0.15, -0.1) is 0 Å². The Labute approximate surface area is 110 Å². The van der Waals surface area contributed by atoms with Crippen LogP contribution in [0.15, 0.2) is 18.3 Å². The second-order valence-corrected chi connectivity index (χ2v) is 7.05. The van der Waals surface area contributed by atoms with Crippen molar-refractivity contribution in [2.24, 2.45) is 0 Å². The van der Waals surface area contributed by atoms with Gasteiger partial charge in [0.15, 0.2) is 0 Å². The first-order valence-corrected chi connectivity index (χ1v) is 8.56.